The smallest absolute Gasteiger partial charge is 0.127 e. The Morgan fingerprint density at radius 2 is 2.12 bits per heavy atom. The Morgan fingerprint density at radius 1 is 1.31 bits per heavy atom. The molecular weight excluding hydrogens is 220 g/mol. The van der Waals surface area contributed by atoms with Gasteiger partial charge in [-0.3, -0.25) is 0 Å². The van der Waals surface area contributed by atoms with Gasteiger partial charge in [0.15, 0.2) is 0 Å². The summed E-state index contributed by atoms with van der Waals surface area (Å²) < 4.78 is 6.23. The predicted molar refractivity (Wildman–Crippen MR) is 66.0 cm³/mol. The van der Waals surface area contributed by atoms with Crippen molar-refractivity contribution >= 4 is 12.2 Å². The largest absolute Gasteiger partial charge is 0.493 e. The maximum Gasteiger partial charge on any atom is 0.127 e. The molecule has 1 heterocycles. The van der Waals surface area contributed by atoms with Gasteiger partial charge in [0.05, 0.1) is 12.9 Å². The lowest BCUT2D eigenvalue weighted by Gasteiger charge is -2.09. The molecule has 4 heteroatoms. The molecule has 0 radical (unpaired) electrons. The Balaban J connectivity index is 2.56. The fourth-order valence-electron chi connectivity index (χ4n) is 1.51. The zero-order valence-corrected chi connectivity index (χ0v) is 9.75. The van der Waals surface area contributed by atoms with E-state index in [-0.39, 0.29) is 0 Å². The lowest BCUT2D eigenvalue weighted by molar-refractivity contribution is 0.341. The van der Waals surface area contributed by atoms with Gasteiger partial charge in [0.1, 0.15) is 10.4 Å². The van der Waals surface area contributed by atoms with E-state index < -0.39 is 0 Å². The first kappa shape index (κ1) is 10.8. The third kappa shape index (κ3) is 2.12. The highest BCUT2D eigenvalue weighted by Crippen LogP contribution is 2.29. The minimum atomic E-state index is 0.633. The average molecular weight is 232 g/mol. The van der Waals surface area contributed by atoms with Crippen LogP contribution in [0, 0.1) is 4.64 Å². The van der Waals surface area contributed by atoms with Gasteiger partial charge < -0.3 is 9.72 Å². The summed E-state index contributed by atoms with van der Waals surface area (Å²) in [6.45, 7) is 2.59. The molecule has 16 heavy (non-hydrogen) atoms. The SMILES string of the molecule is CCOc1ccccc1-c1cnc[nH]c1=S. The second-order valence-corrected chi connectivity index (χ2v) is 3.63. The van der Waals surface area contributed by atoms with Crippen LogP contribution in [0.2, 0.25) is 0 Å². The van der Waals surface area contributed by atoms with Crippen molar-refractivity contribution in [2.45, 2.75) is 6.92 Å². The number of aromatic nitrogens is 2. The molecule has 1 N–H and O–H groups in total. The maximum atomic E-state index is 5.56. The molecule has 0 saturated heterocycles. The van der Waals surface area contributed by atoms with Crippen LogP contribution < -0.4 is 4.74 Å². The third-order valence-electron chi connectivity index (χ3n) is 2.20. The van der Waals surface area contributed by atoms with Gasteiger partial charge in [0.2, 0.25) is 0 Å². The maximum absolute atomic E-state index is 5.56. The van der Waals surface area contributed by atoms with Crippen LogP contribution >= 0.6 is 12.2 Å². The number of hydrogen-bond acceptors (Lipinski definition) is 3. The molecule has 0 bridgehead atoms. The molecule has 82 valence electrons. The first-order chi connectivity index (χ1) is 7.83. The quantitative estimate of drug-likeness (QED) is 0.826. The summed E-state index contributed by atoms with van der Waals surface area (Å²) in [6, 6.07) is 7.81. The molecule has 1 aromatic carbocycles. The van der Waals surface area contributed by atoms with Crippen LogP contribution in [-0.4, -0.2) is 16.6 Å². The van der Waals surface area contributed by atoms with Gasteiger partial charge >= 0.3 is 0 Å². The van der Waals surface area contributed by atoms with Gasteiger partial charge in [-0.2, -0.15) is 0 Å². The van der Waals surface area contributed by atoms with Gasteiger partial charge in [-0.05, 0) is 13.0 Å². The van der Waals surface area contributed by atoms with Crippen LogP contribution in [0.4, 0.5) is 0 Å². The molecule has 0 fully saturated rings. The first-order valence-corrected chi connectivity index (χ1v) is 5.48. The summed E-state index contributed by atoms with van der Waals surface area (Å²) in [4.78, 5) is 6.96. The van der Waals surface area contributed by atoms with Crippen LogP contribution in [0.25, 0.3) is 11.1 Å². The number of aromatic amines is 1. The summed E-state index contributed by atoms with van der Waals surface area (Å²) in [5.41, 5.74) is 1.86. The molecule has 0 aliphatic heterocycles. The molecule has 0 atom stereocenters. The zero-order chi connectivity index (χ0) is 11.4. The van der Waals surface area contributed by atoms with E-state index in [0.717, 1.165) is 16.9 Å². The molecule has 0 amide bonds. The molecule has 0 spiro atoms. The fourth-order valence-corrected chi connectivity index (χ4v) is 1.72. The van der Waals surface area contributed by atoms with E-state index in [1.165, 1.54) is 0 Å². The van der Waals surface area contributed by atoms with Crippen molar-refractivity contribution < 1.29 is 4.74 Å². The summed E-state index contributed by atoms with van der Waals surface area (Å²) in [5.74, 6) is 0.831. The summed E-state index contributed by atoms with van der Waals surface area (Å²) in [6.07, 6.45) is 3.33. The molecule has 2 rings (SSSR count). The normalized spacial score (nSPS) is 10.1. The van der Waals surface area contributed by atoms with E-state index in [4.69, 9.17) is 17.0 Å². The Kier molecular flexibility index (Phi) is 3.31. The second kappa shape index (κ2) is 4.90. The predicted octanol–water partition coefficient (Wildman–Crippen LogP) is 3.20. The number of para-hydroxylation sites is 1. The van der Waals surface area contributed by atoms with Crippen molar-refractivity contribution in [1.29, 1.82) is 0 Å². The van der Waals surface area contributed by atoms with Gasteiger partial charge in [-0.15, -0.1) is 0 Å². The second-order valence-electron chi connectivity index (χ2n) is 3.22. The van der Waals surface area contributed by atoms with Crippen LogP contribution in [0.1, 0.15) is 6.92 Å². The Morgan fingerprint density at radius 3 is 2.88 bits per heavy atom. The van der Waals surface area contributed by atoms with Crippen molar-refractivity contribution in [2.75, 3.05) is 6.61 Å². The van der Waals surface area contributed by atoms with E-state index in [1.54, 1.807) is 12.5 Å². The van der Waals surface area contributed by atoms with Crippen LogP contribution in [0.15, 0.2) is 36.8 Å². The number of nitrogens with one attached hydrogen (secondary N) is 1. The number of nitrogens with zero attached hydrogens (tertiary/aromatic N) is 1. The molecule has 0 aliphatic rings. The highest BCUT2D eigenvalue weighted by Gasteiger charge is 2.06. The van der Waals surface area contributed by atoms with Gasteiger partial charge in [0.25, 0.3) is 0 Å². The highest BCUT2D eigenvalue weighted by molar-refractivity contribution is 7.71. The Labute approximate surface area is 99.1 Å². The van der Waals surface area contributed by atoms with E-state index in [9.17, 15) is 0 Å². The van der Waals surface area contributed by atoms with Crippen molar-refractivity contribution in [3.8, 4) is 16.9 Å². The monoisotopic (exact) mass is 232 g/mol. The average Bonchev–Trinajstić information content (AvgIpc) is 2.31. The molecule has 3 nitrogen and oxygen atoms in total. The van der Waals surface area contributed by atoms with Crippen LogP contribution in [-0.2, 0) is 0 Å². The minimum absolute atomic E-state index is 0.633. The lowest BCUT2D eigenvalue weighted by atomic mass is 10.1. The molecule has 1 aromatic heterocycles. The molecular formula is C12H12N2OS. The van der Waals surface area contributed by atoms with Gasteiger partial charge in [0, 0.05) is 17.3 Å². The summed E-state index contributed by atoms with van der Waals surface area (Å²) in [5, 5.41) is 0. The van der Waals surface area contributed by atoms with Crippen molar-refractivity contribution in [1.82, 2.24) is 9.97 Å². The highest BCUT2D eigenvalue weighted by atomic mass is 32.1. The van der Waals surface area contributed by atoms with Crippen LogP contribution in [0.5, 0.6) is 5.75 Å². The number of benzene rings is 1. The van der Waals surface area contributed by atoms with Gasteiger partial charge in [-0.25, -0.2) is 4.98 Å². The van der Waals surface area contributed by atoms with Gasteiger partial charge in [-0.1, -0.05) is 30.4 Å². The van der Waals surface area contributed by atoms with Crippen LogP contribution in [0.3, 0.4) is 0 Å². The third-order valence-corrected chi connectivity index (χ3v) is 2.53. The minimum Gasteiger partial charge on any atom is -0.493 e. The molecule has 0 aliphatic carbocycles. The van der Waals surface area contributed by atoms with Crippen molar-refractivity contribution in [2.24, 2.45) is 0 Å². The van der Waals surface area contributed by atoms with E-state index in [2.05, 4.69) is 9.97 Å². The summed E-state index contributed by atoms with van der Waals surface area (Å²) >= 11 is 5.23. The standard InChI is InChI=1S/C12H12N2OS/c1-2-15-11-6-4-3-5-9(11)10-7-13-8-14-12(10)16/h3-8H,2H2,1H3,(H,13,14,16). The lowest BCUT2D eigenvalue weighted by Crippen LogP contribution is -1.94. The fraction of sp³-hybridized carbons (Fsp3) is 0.167. The number of rotatable bonds is 3. The van der Waals surface area contributed by atoms with Crippen molar-refractivity contribution in [3.05, 3.63) is 41.4 Å². The zero-order valence-electron chi connectivity index (χ0n) is 8.93. The topological polar surface area (TPSA) is 37.9 Å². The van der Waals surface area contributed by atoms with E-state index >= 15 is 0 Å². The van der Waals surface area contributed by atoms with E-state index in [1.807, 2.05) is 31.2 Å². The first-order valence-electron chi connectivity index (χ1n) is 5.08. The molecule has 2 aromatic rings. The van der Waals surface area contributed by atoms with E-state index in [0.29, 0.717) is 11.2 Å². The number of hydrogen-bond donors (Lipinski definition) is 1. The molecule has 0 saturated carbocycles. The molecule has 0 unspecified atom stereocenters. The Bertz CT molecular complexity index is 536. The Hall–Kier alpha value is -1.68. The summed E-state index contributed by atoms with van der Waals surface area (Å²) in [7, 11) is 0. The number of H-pyrrole nitrogens is 1. The number of ether oxygens (including phenoxy) is 1. The van der Waals surface area contributed by atoms with Crippen molar-refractivity contribution in [3.63, 3.8) is 0 Å².